The van der Waals surface area contributed by atoms with Crippen molar-refractivity contribution < 1.29 is 19.0 Å². The molecule has 1 saturated heterocycles. The SMILES string of the molecule is COc1cc(N2CCOCC2)c(OC)cc1/C=C/C(N)=O. The van der Waals surface area contributed by atoms with Gasteiger partial charge in [-0.15, -0.1) is 0 Å². The number of anilines is 1. The summed E-state index contributed by atoms with van der Waals surface area (Å²) in [7, 11) is 3.21. The van der Waals surface area contributed by atoms with Crippen LogP contribution in [0.3, 0.4) is 0 Å². The summed E-state index contributed by atoms with van der Waals surface area (Å²) >= 11 is 0. The smallest absolute Gasteiger partial charge is 0.241 e. The highest BCUT2D eigenvalue weighted by Crippen LogP contribution is 2.36. The number of amides is 1. The molecule has 1 aromatic carbocycles. The van der Waals surface area contributed by atoms with Crippen LogP contribution in [0, 0.1) is 0 Å². The van der Waals surface area contributed by atoms with Gasteiger partial charge in [-0.05, 0) is 12.1 Å². The van der Waals surface area contributed by atoms with Gasteiger partial charge < -0.3 is 24.8 Å². The monoisotopic (exact) mass is 292 g/mol. The number of carbonyl (C=O) groups is 1. The maximum absolute atomic E-state index is 10.9. The fraction of sp³-hybridized carbons (Fsp3) is 0.400. The minimum absolute atomic E-state index is 0.506. The summed E-state index contributed by atoms with van der Waals surface area (Å²) in [6, 6.07) is 3.74. The van der Waals surface area contributed by atoms with E-state index in [1.807, 2.05) is 12.1 Å². The van der Waals surface area contributed by atoms with E-state index in [9.17, 15) is 4.79 Å². The van der Waals surface area contributed by atoms with Crippen LogP contribution in [0.5, 0.6) is 11.5 Å². The molecule has 0 saturated carbocycles. The minimum Gasteiger partial charge on any atom is -0.496 e. The average molecular weight is 292 g/mol. The van der Waals surface area contributed by atoms with Gasteiger partial charge in [0.15, 0.2) is 0 Å². The third kappa shape index (κ3) is 3.66. The number of nitrogens with two attached hydrogens (primary N) is 1. The van der Waals surface area contributed by atoms with E-state index in [2.05, 4.69) is 4.90 Å². The third-order valence-corrected chi connectivity index (χ3v) is 3.31. The summed E-state index contributed by atoms with van der Waals surface area (Å²) in [5.41, 5.74) is 6.82. The van der Waals surface area contributed by atoms with E-state index in [4.69, 9.17) is 19.9 Å². The third-order valence-electron chi connectivity index (χ3n) is 3.31. The van der Waals surface area contributed by atoms with Crippen LogP contribution in [0.2, 0.25) is 0 Å². The van der Waals surface area contributed by atoms with Crippen LogP contribution in [-0.2, 0) is 9.53 Å². The number of benzene rings is 1. The number of carbonyl (C=O) groups excluding carboxylic acids is 1. The quantitative estimate of drug-likeness (QED) is 0.821. The molecule has 6 nitrogen and oxygen atoms in total. The largest absolute Gasteiger partial charge is 0.496 e. The summed E-state index contributed by atoms with van der Waals surface area (Å²) in [5.74, 6) is 0.880. The van der Waals surface area contributed by atoms with Crippen molar-refractivity contribution in [3.8, 4) is 11.5 Å². The molecule has 1 amide bonds. The van der Waals surface area contributed by atoms with E-state index < -0.39 is 5.91 Å². The summed E-state index contributed by atoms with van der Waals surface area (Å²) in [5, 5.41) is 0. The first-order chi connectivity index (χ1) is 10.2. The predicted octanol–water partition coefficient (Wildman–Crippen LogP) is 1.04. The molecule has 0 aromatic heterocycles. The van der Waals surface area contributed by atoms with Gasteiger partial charge in [0.25, 0.3) is 0 Å². The van der Waals surface area contributed by atoms with Crippen LogP contribution in [-0.4, -0.2) is 46.4 Å². The molecule has 1 heterocycles. The van der Waals surface area contributed by atoms with Gasteiger partial charge in [0.2, 0.25) is 5.91 Å². The van der Waals surface area contributed by atoms with Crippen molar-refractivity contribution in [2.75, 3.05) is 45.4 Å². The second kappa shape index (κ2) is 6.99. The van der Waals surface area contributed by atoms with Gasteiger partial charge in [-0.3, -0.25) is 4.79 Å². The number of hydrogen-bond acceptors (Lipinski definition) is 5. The molecule has 2 N–H and O–H groups in total. The van der Waals surface area contributed by atoms with Crippen molar-refractivity contribution in [2.24, 2.45) is 5.73 Å². The maximum atomic E-state index is 10.9. The summed E-state index contributed by atoms with van der Waals surface area (Å²) in [6.45, 7) is 2.98. The van der Waals surface area contributed by atoms with Crippen molar-refractivity contribution in [3.05, 3.63) is 23.8 Å². The molecule has 1 aromatic rings. The topological polar surface area (TPSA) is 74.0 Å². The van der Waals surface area contributed by atoms with Crippen LogP contribution < -0.4 is 20.1 Å². The zero-order valence-corrected chi connectivity index (χ0v) is 12.3. The van der Waals surface area contributed by atoms with Gasteiger partial charge in [0.1, 0.15) is 11.5 Å². The number of hydrogen-bond donors (Lipinski definition) is 1. The molecule has 0 bridgehead atoms. The average Bonchev–Trinajstić information content (AvgIpc) is 2.52. The van der Waals surface area contributed by atoms with Crippen molar-refractivity contribution in [1.82, 2.24) is 0 Å². The molecule has 1 aliphatic rings. The number of primary amides is 1. The molecule has 0 unspecified atom stereocenters. The highest BCUT2D eigenvalue weighted by Gasteiger charge is 2.18. The van der Waals surface area contributed by atoms with Gasteiger partial charge in [-0.2, -0.15) is 0 Å². The zero-order valence-electron chi connectivity index (χ0n) is 12.3. The Hall–Kier alpha value is -2.21. The molecule has 6 heteroatoms. The molecule has 1 aliphatic heterocycles. The first kappa shape index (κ1) is 15.2. The van der Waals surface area contributed by atoms with Crippen LogP contribution in [0.1, 0.15) is 5.56 Å². The Bertz CT molecular complexity index is 537. The summed E-state index contributed by atoms with van der Waals surface area (Å²) in [6.07, 6.45) is 2.92. The molecule has 0 atom stereocenters. The van der Waals surface area contributed by atoms with Gasteiger partial charge in [-0.1, -0.05) is 0 Å². The number of rotatable bonds is 5. The Morgan fingerprint density at radius 2 is 1.90 bits per heavy atom. The van der Waals surface area contributed by atoms with Gasteiger partial charge in [-0.25, -0.2) is 0 Å². The fourth-order valence-corrected chi connectivity index (χ4v) is 2.26. The maximum Gasteiger partial charge on any atom is 0.241 e. The fourth-order valence-electron chi connectivity index (χ4n) is 2.26. The highest BCUT2D eigenvalue weighted by atomic mass is 16.5. The Balaban J connectivity index is 2.39. The minimum atomic E-state index is -0.506. The van der Waals surface area contributed by atoms with Gasteiger partial charge in [0.05, 0.1) is 33.1 Å². The number of nitrogens with zero attached hydrogens (tertiary/aromatic N) is 1. The van der Waals surface area contributed by atoms with E-state index >= 15 is 0 Å². The van der Waals surface area contributed by atoms with Crippen LogP contribution in [0.15, 0.2) is 18.2 Å². The molecule has 2 rings (SSSR count). The summed E-state index contributed by atoms with van der Waals surface area (Å²) in [4.78, 5) is 13.1. The normalized spacial score (nSPS) is 15.2. The molecule has 1 fully saturated rings. The lowest BCUT2D eigenvalue weighted by molar-refractivity contribution is -0.113. The Kier molecular flexibility index (Phi) is 5.05. The van der Waals surface area contributed by atoms with Gasteiger partial charge >= 0.3 is 0 Å². The Morgan fingerprint density at radius 1 is 1.24 bits per heavy atom. The second-order valence-electron chi connectivity index (χ2n) is 4.60. The van der Waals surface area contributed by atoms with E-state index in [-0.39, 0.29) is 0 Å². The van der Waals surface area contributed by atoms with Crippen molar-refractivity contribution >= 4 is 17.7 Å². The second-order valence-corrected chi connectivity index (χ2v) is 4.60. The lowest BCUT2D eigenvalue weighted by Gasteiger charge is -2.30. The predicted molar refractivity (Wildman–Crippen MR) is 80.8 cm³/mol. The van der Waals surface area contributed by atoms with Crippen molar-refractivity contribution in [2.45, 2.75) is 0 Å². The first-order valence-corrected chi connectivity index (χ1v) is 6.72. The lowest BCUT2D eigenvalue weighted by Crippen LogP contribution is -2.36. The molecule has 0 radical (unpaired) electrons. The molecular formula is C15H20N2O4. The molecular weight excluding hydrogens is 272 g/mol. The number of methoxy groups -OCH3 is 2. The van der Waals surface area contributed by atoms with Crippen LogP contribution >= 0.6 is 0 Å². The van der Waals surface area contributed by atoms with Gasteiger partial charge in [0, 0.05) is 30.8 Å². The van der Waals surface area contributed by atoms with E-state index in [0.29, 0.717) is 19.0 Å². The zero-order chi connectivity index (χ0) is 15.2. The molecule has 21 heavy (non-hydrogen) atoms. The van der Waals surface area contributed by atoms with E-state index in [1.165, 1.54) is 6.08 Å². The van der Waals surface area contributed by atoms with E-state index in [1.54, 1.807) is 20.3 Å². The van der Waals surface area contributed by atoms with E-state index in [0.717, 1.165) is 30.1 Å². The number of morpholine rings is 1. The Morgan fingerprint density at radius 3 is 2.48 bits per heavy atom. The van der Waals surface area contributed by atoms with Crippen LogP contribution in [0.25, 0.3) is 6.08 Å². The number of ether oxygens (including phenoxy) is 3. The molecule has 114 valence electrons. The van der Waals surface area contributed by atoms with Crippen LogP contribution in [0.4, 0.5) is 5.69 Å². The molecule has 0 aliphatic carbocycles. The van der Waals surface area contributed by atoms with Crippen molar-refractivity contribution in [3.63, 3.8) is 0 Å². The molecule has 0 spiro atoms. The Labute approximate surface area is 124 Å². The summed E-state index contributed by atoms with van der Waals surface area (Å²) < 4.78 is 16.2. The van der Waals surface area contributed by atoms with Crippen molar-refractivity contribution in [1.29, 1.82) is 0 Å². The lowest BCUT2D eigenvalue weighted by atomic mass is 10.1. The standard InChI is InChI=1S/C15H20N2O4/c1-19-13-10-12(17-5-7-21-8-6-17)14(20-2)9-11(13)3-4-15(16)18/h3-4,9-10H,5-8H2,1-2H3,(H2,16,18)/b4-3+. The first-order valence-electron chi connectivity index (χ1n) is 6.72. The highest BCUT2D eigenvalue weighted by molar-refractivity contribution is 5.91.